The number of anilines is 3. The summed E-state index contributed by atoms with van der Waals surface area (Å²) >= 11 is 1.43. The van der Waals surface area contributed by atoms with Crippen LogP contribution >= 0.6 is 11.3 Å². The molecule has 1 aromatic carbocycles. The Hall–Kier alpha value is -1.88. The number of nitrogens with zero attached hydrogens (tertiary/aromatic N) is 2. The molecule has 0 radical (unpaired) electrons. The number of hydrogen-bond acceptors (Lipinski definition) is 5. The second-order valence-electron chi connectivity index (χ2n) is 4.32. The number of nitrogens with one attached hydrogen (secondary N) is 1. The highest BCUT2D eigenvalue weighted by molar-refractivity contribution is 7.20. The van der Waals surface area contributed by atoms with Gasteiger partial charge < -0.3 is 10.2 Å². The molecule has 5 heteroatoms. The first-order valence-corrected chi connectivity index (χ1v) is 6.63. The molecule has 1 N–H and O–H groups in total. The predicted octanol–water partition coefficient (Wildman–Crippen LogP) is 3.88. The Bertz CT molecular complexity index is 579. The van der Waals surface area contributed by atoms with Gasteiger partial charge in [-0.05, 0) is 23.7 Å². The summed E-state index contributed by atoms with van der Waals surface area (Å²) in [6, 6.07) is 9.98. The lowest BCUT2D eigenvalue weighted by Gasteiger charge is -2.09. The van der Waals surface area contributed by atoms with Crippen LogP contribution in [-0.2, 0) is 6.42 Å². The summed E-state index contributed by atoms with van der Waals surface area (Å²) in [6.45, 7) is 0.949. The van der Waals surface area contributed by atoms with Crippen molar-refractivity contribution < 1.29 is 0 Å². The van der Waals surface area contributed by atoms with Crippen LogP contribution in [0.15, 0.2) is 35.5 Å². The Balaban J connectivity index is 1.99. The summed E-state index contributed by atoms with van der Waals surface area (Å²) < 4.78 is 0. The van der Waals surface area contributed by atoms with Crippen LogP contribution < -0.4 is 10.2 Å². The standard InChI is InChI=1S/C13H13N3OS/c1-16-8-7-10-11(16)13(15-17)18-12(10)14-9-5-3-2-4-6-9/h2-6,14H,7-8H2,1H3. The van der Waals surface area contributed by atoms with Gasteiger partial charge in [-0.1, -0.05) is 29.5 Å². The molecule has 0 bridgehead atoms. The van der Waals surface area contributed by atoms with E-state index in [1.165, 1.54) is 16.9 Å². The van der Waals surface area contributed by atoms with Crippen molar-refractivity contribution in [2.45, 2.75) is 6.42 Å². The summed E-state index contributed by atoms with van der Waals surface area (Å²) in [5, 5.41) is 8.12. The van der Waals surface area contributed by atoms with Gasteiger partial charge in [-0.25, -0.2) is 0 Å². The molecule has 0 atom stereocenters. The molecule has 2 aromatic rings. The summed E-state index contributed by atoms with van der Waals surface area (Å²) in [5.41, 5.74) is 3.24. The van der Waals surface area contributed by atoms with Crippen LogP contribution in [0.5, 0.6) is 0 Å². The Morgan fingerprint density at radius 1 is 1.33 bits per heavy atom. The summed E-state index contributed by atoms with van der Waals surface area (Å²) in [4.78, 5) is 13.0. The second kappa shape index (κ2) is 4.42. The van der Waals surface area contributed by atoms with E-state index in [4.69, 9.17) is 0 Å². The molecular formula is C13H13N3OS. The molecule has 0 amide bonds. The zero-order chi connectivity index (χ0) is 12.5. The predicted molar refractivity (Wildman–Crippen MR) is 76.5 cm³/mol. The molecule has 0 saturated carbocycles. The summed E-state index contributed by atoms with van der Waals surface area (Å²) in [7, 11) is 2.00. The van der Waals surface area contributed by atoms with Crippen molar-refractivity contribution in [3.8, 4) is 0 Å². The first-order chi connectivity index (χ1) is 8.79. The van der Waals surface area contributed by atoms with E-state index in [0.29, 0.717) is 5.00 Å². The Morgan fingerprint density at radius 3 is 2.83 bits per heavy atom. The van der Waals surface area contributed by atoms with Gasteiger partial charge in [-0.3, -0.25) is 0 Å². The molecule has 0 saturated heterocycles. The second-order valence-corrected chi connectivity index (χ2v) is 5.32. The van der Waals surface area contributed by atoms with Gasteiger partial charge in [0.1, 0.15) is 5.00 Å². The van der Waals surface area contributed by atoms with Crippen LogP contribution in [0.3, 0.4) is 0 Å². The van der Waals surface area contributed by atoms with E-state index in [9.17, 15) is 4.91 Å². The van der Waals surface area contributed by atoms with E-state index < -0.39 is 0 Å². The van der Waals surface area contributed by atoms with Crippen molar-refractivity contribution in [2.75, 3.05) is 23.8 Å². The largest absolute Gasteiger partial charge is 0.371 e. The highest BCUT2D eigenvalue weighted by Crippen LogP contribution is 2.49. The fourth-order valence-electron chi connectivity index (χ4n) is 2.28. The molecule has 0 unspecified atom stereocenters. The van der Waals surface area contributed by atoms with E-state index in [1.807, 2.05) is 37.4 Å². The fourth-order valence-corrected chi connectivity index (χ4v) is 3.37. The lowest BCUT2D eigenvalue weighted by Crippen LogP contribution is -2.12. The average molecular weight is 259 g/mol. The molecule has 0 spiro atoms. The van der Waals surface area contributed by atoms with Gasteiger partial charge in [0, 0.05) is 24.8 Å². The van der Waals surface area contributed by atoms with Crippen LogP contribution in [0.4, 0.5) is 21.4 Å². The van der Waals surface area contributed by atoms with Crippen molar-refractivity contribution >= 4 is 32.7 Å². The maximum Gasteiger partial charge on any atom is 0.186 e. The summed E-state index contributed by atoms with van der Waals surface area (Å²) in [5.74, 6) is 0. The van der Waals surface area contributed by atoms with Crippen molar-refractivity contribution in [3.63, 3.8) is 0 Å². The molecule has 3 rings (SSSR count). The highest BCUT2D eigenvalue weighted by atomic mass is 32.1. The molecule has 2 heterocycles. The first-order valence-electron chi connectivity index (χ1n) is 5.82. The van der Waals surface area contributed by atoms with Crippen LogP contribution in [0, 0.1) is 4.91 Å². The van der Waals surface area contributed by atoms with Crippen LogP contribution in [-0.4, -0.2) is 13.6 Å². The lowest BCUT2D eigenvalue weighted by molar-refractivity contribution is 0.956. The van der Waals surface area contributed by atoms with Gasteiger partial charge >= 0.3 is 0 Å². The number of likely N-dealkylation sites (N-methyl/N-ethyl adjacent to an activating group) is 1. The van der Waals surface area contributed by atoms with Crippen LogP contribution in [0.25, 0.3) is 0 Å². The first kappa shape index (κ1) is 11.2. The van der Waals surface area contributed by atoms with Gasteiger partial charge in [0.25, 0.3) is 0 Å². The van der Waals surface area contributed by atoms with Crippen molar-refractivity contribution in [1.29, 1.82) is 0 Å². The lowest BCUT2D eigenvalue weighted by atomic mass is 10.2. The zero-order valence-electron chi connectivity index (χ0n) is 10.0. The zero-order valence-corrected chi connectivity index (χ0v) is 10.8. The fraction of sp³-hybridized carbons (Fsp3) is 0.231. The van der Waals surface area contributed by atoms with Gasteiger partial charge in [0.05, 0.1) is 5.69 Å². The van der Waals surface area contributed by atoms with Gasteiger partial charge in [-0.15, -0.1) is 4.91 Å². The maximum atomic E-state index is 10.9. The average Bonchev–Trinajstić information content (AvgIpc) is 2.93. The van der Waals surface area contributed by atoms with E-state index in [0.717, 1.165) is 29.3 Å². The quantitative estimate of drug-likeness (QED) is 0.851. The third kappa shape index (κ3) is 1.76. The molecule has 1 aliphatic rings. The summed E-state index contributed by atoms with van der Waals surface area (Å²) in [6.07, 6.45) is 0.965. The number of para-hydroxylation sites is 1. The Labute approximate surface area is 109 Å². The van der Waals surface area contributed by atoms with E-state index in [-0.39, 0.29) is 0 Å². The van der Waals surface area contributed by atoms with Gasteiger partial charge in [0.15, 0.2) is 5.00 Å². The Morgan fingerprint density at radius 2 is 2.11 bits per heavy atom. The Kier molecular flexibility index (Phi) is 2.76. The number of thiophene rings is 1. The molecule has 0 aliphatic carbocycles. The van der Waals surface area contributed by atoms with E-state index in [2.05, 4.69) is 15.4 Å². The molecule has 18 heavy (non-hydrogen) atoms. The number of fused-ring (bicyclic) bond motifs is 1. The molecule has 1 aromatic heterocycles. The number of hydrogen-bond donors (Lipinski definition) is 1. The normalized spacial score (nSPS) is 13.5. The monoisotopic (exact) mass is 259 g/mol. The van der Waals surface area contributed by atoms with Gasteiger partial charge in [0.2, 0.25) is 0 Å². The van der Waals surface area contributed by atoms with Crippen molar-refractivity contribution in [1.82, 2.24) is 0 Å². The minimum atomic E-state index is 0.573. The topological polar surface area (TPSA) is 44.7 Å². The molecule has 0 fully saturated rings. The van der Waals surface area contributed by atoms with E-state index in [1.54, 1.807) is 0 Å². The number of benzene rings is 1. The SMILES string of the molecule is CN1CCc2c(Nc3ccccc3)sc(N=O)c21. The van der Waals surface area contributed by atoms with Crippen LogP contribution in [0.2, 0.25) is 0 Å². The number of rotatable bonds is 3. The number of nitroso groups, excluding NO2 is 1. The van der Waals surface area contributed by atoms with Crippen molar-refractivity contribution in [3.05, 3.63) is 40.8 Å². The van der Waals surface area contributed by atoms with E-state index >= 15 is 0 Å². The molecule has 1 aliphatic heterocycles. The third-order valence-electron chi connectivity index (χ3n) is 3.15. The molecule has 4 nitrogen and oxygen atoms in total. The minimum Gasteiger partial charge on any atom is -0.371 e. The van der Waals surface area contributed by atoms with Crippen LogP contribution in [0.1, 0.15) is 5.56 Å². The molecular weight excluding hydrogens is 246 g/mol. The third-order valence-corrected chi connectivity index (χ3v) is 4.17. The minimum absolute atomic E-state index is 0.573. The highest BCUT2D eigenvalue weighted by Gasteiger charge is 2.27. The van der Waals surface area contributed by atoms with Gasteiger partial charge in [-0.2, -0.15) is 0 Å². The maximum absolute atomic E-state index is 10.9. The van der Waals surface area contributed by atoms with Crippen molar-refractivity contribution in [2.24, 2.45) is 5.18 Å². The molecule has 92 valence electrons. The smallest absolute Gasteiger partial charge is 0.186 e.